The summed E-state index contributed by atoms with van der Waals surface area (Å²) in [5.74, 6) is 0. The molecule has 1 aliphatic carbocycles. The maximum atomic E-state index is 4.71. The Balaban J connectivity index is 0.000000261. The number of nitrogens with two attached hydrogens (primary N) is 1. The molecule has 1 fully saturated rings. The Morgan fingerprint density at radius 2 is 1.83 bits per heavy atom. The van der Waals surface area contributed by atoms with E-state index in [0.717, 1.165) is 0 Å². The zero-order valence-corrected chi connectivity index (χ0v) is 12.4. The Morgan fingerprint density at radius 3 is 2.08 bits per heavy atom. The zero-order valence-electron chi connectivity index (χ0n) is 7.75. The van der Waals surface area contributed by atoms with E-state index in [-0.39, 0.29) is 21.4 Å². The summed E-state index contributed by atoms with van der Waals surface area (Å²) in [6.45, 7) is 0. The number of thiol groups is 1. The quantitative estimate of drug-likeness (QED) is 0.429. The Labute approximate surface area is 93.9 Å². The molecule has 0 aromatic rings. The zero-order chi connectivity index (χ0) is 9.40. The van der Waals surface area contributed by atoms with Crippen LogP contribution < -0.4 is 5.73 Å². The van der Waals surface area contributed by atoms with Gasteiger partial charge in [-0.1, -0.05) is 12.2 Å². The fraction of sp³-hybridized carbons (Fsp3) is 0.875. The van der Waals surface area contributed by atoms with E-state index in [9.17, 15) is 0 Å². The average Bonchev–Trinajstić information content (AvgIpc) is 2.05. The third-order valence-electron chi connectivity index (χ3n) is 2.30. The standard InChI is InChI=1S/C6H11.CH3NS2.CH3.Zn/c1-2-4-6-5-3-1;2-1(3)4;;/h1H,2-6H2;(H3,2,3,4);1H3;. The molecule has 1 aliphatic rings. The molecule has 2 N–H and O–H groups in total. The second-order valence-electron chi connectivity index (χ2n) is 3.25. The van der Waals surface area contributed by atoms with Gasteiger partial charge < -0.3 is 5.73 Å². The van der Waals surface area contributed by atoms with Gasteiger partial charge in [-0.05, 0) is 0 Å². The van der Waals surface area contributed by atoms with Crippen LogP contribution in [0.5, 0.6) is 0 Å². The van der Waals surface area contributed by atoms with Gasteiger partial charge in [0.1, 0.15) is 4.32 Å². The third-order valence-corrected chi connectivity index (χ3v) is 6.44. The minimum atomic E-state index is 0.00125. The van der Waals surface area contributed by atoms with Crippen molar-refractivity contribution in [2.24, 2.45) is 5.73 Å². The SMILES string of the molecule is NC(=S)S.[CH3][Zn][CH]1CCCCC1. The van der Waals surface area contributed by atoms with Gasteiger partial charge in [-0.15, -0.1) is 12.6 Å². The number of hydrogen-bond donors (Lipinski definition) is 2. The summed E-state index contributed by atoms with van der Waals surface area (Å²) >= 11 is 7.66. The molecule has 0 spiro atoms. The second kappa shape index (κ2) is 8.46. The second-order valence-corrected chi connectivity index (χ2v) is 8.61. The monoisotopic (exact) mass is 255 g/mol. The number of rotatable bonds is 1. The first-order chi connectivity index (χ1) is 5.66. The van der Waals surface area contributed by atoms with Crippen molar-refractivity contribution in [3.05, 3.63) is 0 Å². The predicted octanol–water partition coefficient (Wildman–Crippen LogP) is 3.03. The number of hydrogen-bond acceptors (Lipinski definition) is 1. The molecule has 4 heteroatoms. The summed E-state index contributed by atoms with van der Waals surface area (Å²) in [6, 6.07) is 0. The maximum absolute atomic E-state index is 4.71. The van der Waals surface area contributed by atoms with Gasteiger partial charge in [0.15, 0.2) is 0 Å². The summed E-state index contributed by atoms with van der Waals surface area (Å²) in [7, 11) is 0. The molecule has 0 radical (unpaired) electrons. The first kappa shape index (κ1) is 12.9. The molecule has 68 valence electrons. The topological polar surface area (TPSA) is 26.0 Å². The van der Waals surface area contributed by atoms with Crippen molar-refractivity contribution in [3.63, 3.8) is 0 Å². The molecule has 1 nitrogen and oxygen atoms in total. The molecule has 0 aromatic heterocycles. The van der Waals surface area contributed by atoms with Crippen LogP contribution in [0.15, 0.2) is 0 Å². The molecule has 0 unspecified atom stereocenters. The van der Waals surface area contributed by atoms with Crippen LogP contribution in [0.2, 0.25) is 10.0 Å². The normalized spacial score (nSPS) is 17.2. The van der Waals surface area contributed by atoms with Crippen molar-refractivity contribution in [1.29, 1.82) is 0 Å². The molecule has 0 aromatic carbocycles. The molecule has 0 heterocycles. The fourth-order valence-electron chi connectivity index (χ4n) is 1.60. The summed E-state index contributed by atoms with van der Waals surface area (Å²) in [4.78, 5) is 0. The first-order valence-electron chi connectivity index (χ1n) is 4.65. The molecular formula is C8H17NS2Zn. The van der Waals surface area contributed by atoms with Crippen molar-refractivity contribution >= 4 is 29.2 Å². The molecule has 12 heavy (non-hydrogen) atoms. The van der Waals surface area contributed by atoms with Gasteiger partial charge >= 0.3 is 59.3 Å². The Kier molecular flexibility index (Phi) is 9.07. The van der Waals surface area contributed by atoms with Crippen LogP contribution in [-0.4, -0.2) is 4.32 Å². The van der Waals surface area contributed by atoms with Gasteiger partial charge in [0.25, 0.3) is 0 Å². The molecule has 0 amide bonds. The van der Waals surface area contributed by atoms with E-state index in [2.05, 4.69) is 30.4 Å². The fourth-order valence-corrected chi connectivity index (χ4v) is 4.52. The first-order valence-corrected chi connectivity index (χ1v) is 10.2. The van der Waals surface area contributed by atoms with E-state index in [0.29, 0.717) is 0 Å². The van der Waals surface area contributed by atoms with Gasteiger partial charge in [0.05, 0.1) is 0 Å². The molecular weight excluding hydrogens is 240 g/mol. The summed E-state index contributed by atoms with van der Waals surface area (Å²) < 4.78 is 1.47. The number of thiocarbonyl (C=S) groups is 1. The van der Waals surface area contributed by atoms with E-state index < -0.39 is 0 Å². The van der Waals surface area contributed by atoms with Crippen molar-refractivity contribution < 1.29 is 17.1 Å². The van der Waals surface area contributed by atoms with Gasteiger partial charge in [-0.2, -0.15) is 0 Å². The molecule has 1 rings (SSSR count). The van der Waals surface area contributed by atoms with Gasteiger partial charge in [-0.3, -0.25) is 0 Å². The van der Waals surface area contributed by atoms with Crippen LogP contribution in [-0.2, 0) is 17.1 Å². The molecule has 0 atom stereocenters. The van der Waals surface area contributed by atoms with Gasteiger partial charge in [0.2, 0.25) is 0 Å². The van der Waals surface area contributed by atoms with E-state index >= 15 is 0 Å². The average molecular weight is 257 g/mol. The summed E-state index contributed by atoms with van der Waals surface area (Å²) in [5, 5.41) is 0. The van der Waals surface area contributed by atoms with E-state index in [1.54, 1.807) is 25.7 Å². The van der Waals surface area contributed by atoms with Crippen LogP contribution in [0.3, 0.4) is 0 Å². The van der Waals surface area contributed by atoms with Crippen molar-refractivity contribution in [1.82, 2.24) is 0 Å². The molecule has 1 saturated carbocycles. The van der Waals surface area contributed by atoms with Crippen LogP contribution in [0.4, 0.5) is 0 Å². The molecule has 0 bridgehead atoms. The van der Waals surface area contributed by atoms with Gasteiger partial charge in [0, 0.05) is 0 Å². The van der Waals surface area contributed by atoms with Crippen LogP contribution in [0, 0.1) is 0 Å². The van der Waals surface area contributed by atoms with Crippen LogP contribution in [0.1, 0.15) is 32.1 Å². The van der Waals surface area contributed by atoms with Gasteiger partial charge in [-0.25, -0.2) is 0 Å². The third kappa shape index (κ3) is 8.96. The Morgan fingerprint density at radius 1 is 1.42 bits per heavy atom. The predicted molar refractivity (Wildman–Crippen MR) is 58.5 cm³/mol. The van der Waals surface area contributed by atoms with Crippen molar-refractivity contribution in [2.75, 3.05) is 0 Å². The Hall–Kier alpha value is 0.863. The summed E-state index contributed by atoms with van der Waals surface area (Å²) in [6.07, 6.45) is 7.80. The molecule has 0 aliphatic heterocycles. The minimum absolute atomic E-state index is 0.00125. The molecule has 0 saturated heterocycles. The summed E-state index contributed by atoms with van der Waals surface area (Å²) in [5.41, 5.74) is 7.21. The van der Waals surface area contributed by atoms with E-state index in [1.165, 1.54) is 10.9 Å². The van der Waals surface area contributed by atoms with Crippen LogP contribution in [0.25, 0.3) is 0 Å². The van der Waals surface area contributed by atoms with Crippen molar-refractivity contribution in [2.45, 2.75) is 42.1 Å². The van der Waals surface area contributed by atoms with E-state index in [4.69, 9.17) is 5.73 Å². The Bertz CT molecular complexity index is 120. The van der Waals surface area contributed by atoms with Crippen LogP contribution >= 0.6 is 24.8 Å². The van der Waals surface area contributed by atoms with E-state index in [1.807, 2.05) is 0 Å². The van der Waals surface area contributed by atoms with Crippen molar-refractivity contribution in [3.8, 4) is 0 Å².